The number of urea groups is 1. The SMILES string of the molecule is CCC1(C)NC(=O)N(N=Cc2sccc2C)C1=O. The van der Waals surface area contributed by atoms with Crippen molar-refractivity contribution in [2.75, 3.05) is 0 Å². The third kappa shape index (κ3) is 2.03. The van der Waals surface area contributed by atoms with Gasteiger partial charge in [-0.1, -0.05) is 6.92 Å². The van der Waals surface area contributed by atoms with E-state index in [1.807, 2.05) is 25.3 Å². The summed E-state index contributed by atoms with van der Waals surface area (Å²) >= 11 is 1.52. The first kappa shape index (κ1) is 12.8. The molecule has 3 amide bonds. The molecular weight excluding hydrogens is 250 g/mol. The monoisotopic (exact) mass is 265 g/mol. The molecule has 1 saturated heterocycles. The van der Waals surface area contributed by atoms with Crippen molar-refractivity contribution in [2.24, 2.45) is 5.10 Å². The van der Waals surface area contributed by atoms with Crippen LogP contribution in [-0.4, -0.2) is 28.7 Å². The zero-order valence-corrected chi connectivity index (χ0v) is 11.4. The lowest BCUT2D eigenvalue weighted by Gasteiger charge is -2.17. The third-order valence-corrected chi connectivity index (χ3v) is 4.09. The van der Waals surface area contributed by atoms with E-state index in [0.29, 0.717) is 6.42 Å². The molecule has 1 N–H and O–H groups in total. The maximum atomic E-state index is 12.0. The Kier molecular flexibility index (Phi) is 3.21. The van der Waals surface area contributed by atoms with E-state index >= 15 is 0 Å². The number of nitrogens with zero attached hydrogens (tertiary/aromatic N) is 2. The van der Waals surface area contributed by atoms with Crippen molar-refractivity contribution in [3.8, 4) is 0 Å². The topological polar surface area (TPSA) is 61.8 Å². The summed E-state index contributed by atoms with van der Waals surface area (Å²) in [6, 6.07) is 1.50. The minimum absolute atomic E-state index is 0.305. The Hall–Kier alpha value is -1.69. The molecule has 0 aromatic carbocycles. The molecule has 6 heteroatoms. The van der Waals surface area contributed by atoms with Crippen molar-refractivity contribution in [1.29, 1.82) is 0 Å². The molecule has 0 aliphatic carbocycles. The predicted octanol–water partition coefficient (Wildman–Crippen LogP) is 2.11. The molecule has 1 fully saturated rings. The van der Waals surface area contributed by atoms with E-state index in [1.54, 1.807) is 13.1 Å². The highest BCUT2D eigenvalue weighted by Crippen LogP contribution is 2.21. The van der Waals surface area contributed by atoms with Crippen molar-refractivity contribution in [2.45, 2.75) is 32.7 Å². The van der Waals surface area contributed by atoms with Gasteiger partial charge in [-0.05, 0) is 37.3 Å². The van der Waals surface area contributed by atoms with Crippen LogP contribution in [0.2, 0.25) is 0 Å². The maximum absolute atomic E-state index is 12.0. The van der Waals surface area contributed by atoms with Gasteiger partial charge in [0.25, 0.3) is 5.91 Å². The zero-order valence-electron chi connectivity index (χ0n) is 10.6. The molecule has 1 atom stereocenters. The van der Waals surface area contributed by atoms with Gasteiger partial charge in [0.05, 0.1) is 11.1 Å². The van der Waals surface area contributed by atoms with Crippen molar-refractivity contribution in [3.63, 3.8) is 0 Å². The van der Waals surface area contributed by atoms with Gasteiger partial charge in [-0.3, -0.25) is 4.79 Å². The van der Waals surface area contributed by atoms with Crippen LogP contribution in [0.15, 0.2) is 16.5 Å². The van der Waals surface area contributed by atoms with Gasteiger partial charge in [0.2, 0.25) is 0 Å². The second-order valence-electron chi connectivity index (χ2n) is 4.45. The Balaban J connectivity index is 2.20. The van der Waals surface area contributed by atoms with Crippen LogP contribution in [0.25, 0.3) is 0 Å². The second kappa shape index (κ2) is 4.53. The minimum Gasteiger partial charge on any atom is -0.322 e. The number of thiophene rings is 1. The number of carbonyl (C=O) groups excluding carboxylic acids is 2. The van der Waals surface area contributed by atoms with Gasteiger partial charge in [-0.25, -0.2) is 4.79 Å². The van der Waals surface area contributed by atoms with E-state index in [0.717, 1.165) is 15.4 Å². The van der Waals surface area contributed by atoms with Crippen molar-refractivity contribution in [1.82, 2.24) is 10.3 Å². The number of aryl methyl sites for hydroxylation is 1. The largest absolute Gasteiger partial charge is 0.346 e. The molecule has 1 aliphatic rings. The molecule has 1 aromatic rings. The van der Waals surface area contributed by atoms with Gasteiger partial charge in [0.1, 0.15) is 5.54 Å². The Labute approximate surface area is 109 Å². The molecule has 0 radical (unpaired) electrons. The number of rotatable bonds is 3. The Morgan fingerprint density at radius 3 is 2.78 bits per heavy atom. The van der Waals surface area contributed by atoms with Crippen LogP contribution in [0.5, 0.6) is 0 Å². The van der Waals surface area contributed by atoms with Crippen LogP contribution < -0.4 is 5.32 Å². The number of amides is 3. The van der Waals surface area contributed by atoms with Gasteiger partial charge >= 0.3 is 6.03 Å². The normalized spacial score (nSPS) is 24.1. The first-order chi connectivity index (χ1) is 8.48. The van der Waals surface area contributed by atoms with E-state index in [1.165, 1.54) is 11.3 Å². The lowest BCUT2D eigenvalue weighted by atomic mass is 10.00. The zero-order chi connectivity index (χ0) is 13.3. The highest BCUT2D eigenvalue weighted by atomic mass is 32.1. The van der Waals surface area contributed by atoms with E-state index < -0.39 is 11.6 Å². The molecule has 5 nitrogen and oxygen atoms in total. The number of hydrazone groups is 1. The van der Waals surface area contributed by atoms with Crippen LogP contribution in [-0.2, 0) is 4.79 Å². The van der Waals surface area contributed by atoms with E-state index in [9.17, 15) is 9.59 Å². The smallest absolute Gasteiger partial charge is 0.322 e. The Morgan fingerprint density at radius 1 is 1.56 bits per heavy atom. The van der Waals surface area contributed by atoms with E-state index in [2.05, 4.69) is 10.4 Å². The minimum atomic E-state index is -0.834. The quantitative estimate of drug-likeness (QED) is 0.672. The maximum Gasteiger partial charge on any atom is 0.346 e. The number of nitrogens with one attached hydrogen (secondary N) is 1. The van der Waals surface area contributed by atoms with Crippen LogP contribution >= 0.6 is 11.3 Å². The van der Waals surface area contributed by atoms with Gasteiger partial charge in [0, 0.05) is 0 Å². The summed E-state index contributed by atoms with van der Waals surface area (Å²) in [6.07, 6.45) is 2.10. The van der Waals surface area contributed by atoms with Gasteiger partial charge in [-0.15, -0.1) is 16.3 Å². The number of hydrogen-bond acceptors (Lipinski definition) is 4. The molecule has 1 unspecified atom stereocenters. The lowest BCUT2D eigenvalue weighted by molar-refractivity contribution is -0.130. The summed E-state index contributed by atoms with van der Waals surface area (Å²) < 4.78 is 0. The van der Waals surface area contributed by atoms with E-state index in [-0.39, 0.29) is 5.91 Å². The molecule has 2 heterocycles. The number of carbonyl (C=O) groups is 2. The molecule has 2 rings (SSSR count). The third-order valence-electron chi connectivity index (χ3n) is 3.14. The lowest BCUT2D eigenvalue weighted by Crippen LogP contribution is -2.42. The first-order valence-electron chi connectivity index (χ1n) is 5.72. The fraction of sp³-hybridized carbons (Fsp3) is 0.417. The summed E-state index contributed by atoms with van der Waals surface area (Å²) in [5, 5.41) is 9.49. The van der Waals surface area contributed by atoms with Gasteiger partial charge < -0.3 is 5.32 Å². The molecule has 96 valence electrons. The number of imide groups is 1. The van der Waals surface area contributed by atoms with Crippen LogP contribution in [0.4, 0.5) is 4.79 Å². The Bertz CT molecular complexity index is 523. The van der Waals surface area contributed by atoms with Gasteiger partial charge in [-0.2, -0.15) is 5.10 Å². The standard InChI is InChI=1S/C12H15N3O2S/c1-4-12(3)10(16)15(11(17)14-12)13-7-9-8(2)5-6-18-9/h5-7H,4H2,1-3H3,(H,14,17). The van der Waals surface area contributed by atoms with Gasteiger partial charge in [0.15, 0.2) is 0 Å². The molecule has 0 saturated carbocycles. The highest BCUT2D eigenvalue weighted by Gasteiger charge is 2.46. The molecular formula is C12H15N3O2S. The molecule has 18 heavy (non-hydrogen) atoms. The Morgan fingerprint density at radius 2 is 2.28 bits per heavy atom. The molecule has 1 aliphatic heterocycles. The molecule has 0 spiro atoms. The summed E-state index contributed by atoms with van der Waals surface area (Å²) in [4.78, 5) is 24.7. The van der Waals surface area contributed by atoms with Crippen LogP contribution in [0, 0.1) is 6.92 Å². The van der Waals surface area contributed by atoms with Crippen molar-refractivity contribution in [3.05, 3.63) is 21.9 Å². The van der Waals surface area contributed by atoms with Crippen molar-refractivity contribution < 1.29 is 9.59 Å². The van der Waals surface area contributed by atoms with Crippen LogP contribution in [0.3, 0.4) is 0 Å². The fourth-order valence-electron chi connectivity index (χ4n) is 1.64. The average Bonchev–Trinajstić information content (AvgIpc) is 2.82. The molecule has 0 bridgehead atoms. The van der Waals surface area contributed by atoms with Crippen molar-refractivity contribution >= 4 is 29.5 Å². The van der Waals surface area contributed by atoms with Crippen LogP contribution in [0.1, 0.15) is 30.7 Å². The average molecular weight is 265 g/mol. The summed E-state index contributed by atoms with van der Waals surface area (Å²) in [5.41, 5.74) is 0.243. The molecule has 1 aromatic heterocycles. The highest BCUT2D eigenvalue weighted by molar-refractivity contribution is 7.11. The summed E-state index contributed by atoms with van der Waals surface area (Å²) in [6.45, 7) is 5.52. The second-order valence-corrected chi connectivity index (χ2v) is 5.39. The summed E-state index contributed by atoms with van der Waals surface area (Å²) in [7, 11) is 0. The predicted molar refractivity (Wildman–Crippen MR) is 70.7 cm³/mol. The first-order valence-corrected chi connectivity index (χ1v) is 6.60. The fourth-order valence-corrected chi connectivity index (χ4v) is 2.42. The van der Waals surface area contributed by atoms with E-state index in [4.69, 9.17) is 0 Å². The summed E-state index contributed by atoms with van der Waals surface area (Å²) in [5.74, 6) is -0.305. The number of hydrogen-bond donors (Lipinski definition) is 1.